The molecule has 8 heteroatoms. The summed E-state index contributed by atoms with van der Waals surface area (Å²) in [4.78, 5) is 11.5. The van der Waals surface area contributed by atoms with Gasteiger partial charge in [-0.2, -0.15) is 9.98 Å². The van der Waals surface area contributed by atoms with Gasteiger partial charge in [-0.1, -0.05) is 24.3 Å². The number of carbonyl (C=O) groups excluding carboxylic acids is 1. The molecule has 0 radical (unpaired) electrons. The lowest BCUT2D eigenvalue weighted by atomic mass is 10.1. The minimum atomic E-state index is -1.39. The van der Waals surface area contributed by atoms with Gasteiger partial charge in [-0.15, -0.1) is 0 Å². The summed E-state index contributed by atoms with van der Waals surface area (Å²) in [6.45, 7) is 0.343. The molecule has 1 amide bonds. The Balaban J connectivity index is 1.30. The molecule has 2 aliphatic rings. The lowest BCUT2D eigenvalue weighted by Gasteiger charge is -2.15. The first-order valence-corrected chi connectivity index (χ1v) is 11.2. The highest BCUT2D eigenvalue weighted by Gasteiger charge is 2.37. The highest BCUT2D eigenvalue weighted by Crippen LogP contribution is 2.43. The number of nitrogens with one attached hydrogen (secondary N) is 1. The molecule has 0 aliphatic carbocycles. The van der Waals surface area contributed by atoms with E-state index in [1.54, 1.807) is 24.3 Å². The third-order valence-electron chi connectivity index (χ3n) is 5.32. The van der Waals surface area contributed by atoms with Crippen LogP contribution in [0.25, 0.3) is 0 Å². The van der Waals surface area contributed by atoms with Crippen molar-refractivity contribution in [3.63, 3.8) is 0 Å². The molecule has 2 heterocycles. The van der Waals surface area contributed by atoms with Crippen molar-refractivity contribution in [3.8, 4) is 29.1 Å². The molecule has 1 fully saturated rings. The van der Waals surface area contributed by atoms with E-state index < -0.39 is 11.4 Å². The largest absolute Gasteiger partial charge is 0.593 e. The van der Waals surface area contributed by atoms with Crippen molar-refractivity contribution in [2.75, 3.05) is 6.61 Å². The van der Waals surface area contributed by atoms with Crippen LogP contribution >= 0.6 is 0 Å². The maximum Gasteiger partial charge on any atom is 0.266 e. The standard InChI is InChI=1S/C24H18N2O5S/c25-13-15-4-8-17(9-5-15)30-20-3-1-2-19-21(14-29-24(19)20)31-18-10-6-16(7-11-18)22-12-23(27)26-32(22)28/h1-11,21-22H,12,14H2,(H,26,27)/t21-,22?,32?/m1/s1. The summed E-state index contributed by atoms with van der Waals surface area (Å²) in [6.07, 6.45) is -0.0807. The van der Waals surface area contributed by atoms with Crippen LogP contribution in [0.1, 0.15) is 34.5 Å². The summed E-state index contributed by atoms with van der Waals surface area (Å²) < 4.78 is 32.4. The van der Waals surface area contributed by atoms with Gasteiger partial charge in [0.05, 0.1) is 29.4 Å². The van der Waals surface area contributed by atoms with Crippen molar-refractivity contribution in [3.05, 3.63) is 83.4 Å². The Kier molecular flexibility index (Phi) is 5.35. The molecule has 0 aromatic heterocycles. The molecule has 1 saturated heterocycles. The topological polar surface area (TPSA) is 104 Å². The van der Waals surface area contributed by atoms with Crippen molar-refractivity contribution in [2.24, 2.45) is 0 Å². The number of ether oxygens (including phenoxy) is 3. The number of fused-ring (bicyclic) bond motifs is 1. The van der Waals surface area contributed by atoms with Crippen LogP contribution < -0.4 is 18.9 Å². The van der Waals surface area contributed by atoms with Crippen LogP contribution in [0.2, 0.25) is 0 Å². The van der Waals surface area contributed by atoms with Crippen molar-refractivity contribution in [2.45, 2.75) is 17.8 Å². The van der Waals surface area contributed by atoms with E-state index in [0.717, 1.165) is 11.1 Å². The Morgan fingerprint density at radius 3 is 2.50 bits per heavy atom. The zero-order chi connectivity index (χ0) is 22.1. The number of benzene rings is 3. The van der Waals surface area contributed by atoms with Gasteiger partial charge in [-0.3, -0.25) is 4.79 Å². The number of nitriles is 1. The normalized spacial score (nSPS) is 21.2. The molecular weight excluding hydrogens is 428 g/mol. The zero-order valence-electron chi connectivity index (χ0n) is 16.8. The van der Waals surface area contributed by atoms with Crippen molar-refractivity contribution in [1.82, 2.24) is 4.72 Å². The van der Waals surface area contributed by atoms with E-state index in [4.69, 9.17) is 19.5 Å². The highest BCUT2D eigenvalue weighted by atomic mass is 32.2. The predicted molar refractivity (Wildman–Crippen MR) is 117 cm³/mol. The van der Waals surface area contributed by atoms with E-state index in [9.17, 15) is 9.35 Å². The van der Waals surface area contributed by atoms with E-state index in [0.29, 0.717) is 35.2 Å². The molecule has 3 aromatic rings. The molecule has 5 rings (SSSR count). The van der Waals surface area contributed by atoms with Crippen molar-refractivity contribution < 1.29 is 23.6 Å². The lowest BCUT2D eigenvalue weighted by Crippen LogP contribution is -2.21. The fourth-order valence-electron chi connectivity index (χ4n) is 3.73. The van der Waals surface area contributed by atoms with Gasteiger partial charge in [-0.05, 0) is 42.5 Å². The molecule has 160 valence electrons. The Hall–Kier alpha value is -3.67. The fourth-order valence-corrected chi connectivity index (χ4v) is 4.88. The quantitative estimate of drug-likeness (QED) is 0.592. The highest BCUT2D eigenvalue weighted by molar-refractivity contribution is 7.90. The molecule has 7 nitrogen and oxygen atoms in total. The maximum atomic E-state index is 12.0. The van der Waals surface area contributed by atoms with Crippen LogP contribution in [0.4, 0.5) is 0 Å². The SMILES string of the molecule is N#Cc1ccc(Oc2cccc3c2OC[C@H]3Oc2ccc(C3CC(=O)N[S+]3[O-])cc2)cc1. The second-order valence-electron chi connectivity index (χ2n) is 7.41. The van der Waals surface area contributed by atoms with Crippen molar-refractivity contribution >= 4 is 17.3 Å². The van der Waals surface area contributed by atoms with Crippen LogP contribution in [0.15, 0.2) is 66.7 Å². The van der Waals surface area contributed by atoms with Crippen LogP contribution in [0.3, 0.4) is 0 Å². The average molecular weight is 446 g/mol. The monoisotopic (exact) mass is 446 g/mol. The van der Waals surface area contributed by atoms with Gasteiger partial charge in [0, 0.05) is 11.1 Å². The molecule has 0 saturated carbocycles. The number of para-hydroxylation sites is 1. The molecule has 2 aliphatic heterocycles. The van der Waals surface area contributed by atoms with E-state index in [2.05, 4.69) is 10.8 Å². The van der Waals surface area contributed by atoms with E-state index >= 15 is 0 Å². The van der Waals surface area contributed by atoms with Gasteiger partial charge >= 0.3 is 0 Å². The smallest absolute Gasteiger partial charge is 0.266 e. The molecule has 0 spiro atoms. The summed E-state index contributed by atoms with van der Waals surface area (Å²) in [7, 11) is 0. The fraction of sp³-hybridized carbons (Fsp3) is 0.167. The minimum absolute atomic E-state index is 0.201. The van der Waals surface area contributed by atoms with Gasteiger partial charge in [0.2, 0.25) is 0 Å². The van der Waals surface area contributed by atoms with E-state index in [-0.39, 0.29) is 23.7 Å². The predicted octanol–water partition coefficient (Wildman–Crippen LogP) is 4.09. The molecular formula is C24H18N2O5S. The summed E-state index contributed by atoms with van der Waals surface area (Å²) in [5.41, 5.74) is 2.27. The first-order chi connectivity index (χ1) is 15.6. The van der Waals surface area contributed by atoms with Crippen LogP contribution in [0, 0.1) is 11.3 Å². The van der Waals surface area contributed by atoms with Gasteiger partial charge in [0.15, 0.2) is 22.9 Å². The van der Waals surface area contributed by atoms with Gasteiger partial charge in [0.25, 0.3) is 5.91 Å². The van der Waals surface area contributed by atoms with E-state index in [1.165, 1.54) is 0 Å². The number of hydrogen-bond acceptors (Lipinski definition) is 6. The molecule has 32 heavy (non-hydrogen) atoms. The number of carbonyl (C=O) groups is 1. The zero-order valence-corrected chi connectivity index (χ0v) is 17.6. The van der Waals surface area contributed by atoms with Gasteiger partial charge < -0.3 is 18.8 Å². The van der Waals surface area contributed by atoms with Crippen LogP contribution in [-0.4, -0.2) is 17.1 Å². The number of nitrogens with zero attached hydrogens (tertiary/aromatic N) is 1. The number of hydrogen-bond donors (Lipinski definition) is 1. The maximum absolute atomic E-state index is 12.0. The Labute approximate surface area is 187 Å². The first kappa shape index (κ1) is 20.2. The Morgan fingerprint density at radius 1 is 1.06 bits per heavy atom. The summed E-state index contributed by atoms with van der Waals surface area (Å²) in [6, 6.07) is 21.9. The van der Waals surface area contributed by atoms with Crippen molar-refractivity contribution in [1.29, 1.82) is 5.26 Å². The molecule has 3 aromatic carbocycles. The van der Waals surface area contributed by atoms with Crippen LogP contribution in [0.5, 0.6) is 23.0 Å². The first-order valence-electron chi connectivity index (χ1n) is 10.0. The molecule has 1 N–H and O–H groups in total. The lowest BCUT2D eigenvalue weighted by molar-refractivity contribution is -0.118. The molecule has 0 bridgehead atoms. The Bertz CT molecular complexity index is 1190. The molecule has 3 atom stereocenters. The van der Waals surface area contributed by atoms with E-state index in [1.807, 2.05) is 42.5 Å². The third-order valence-corrected chi connectivity index (χ3v) is 6.70. The second-order valence-corrected chi connectivity index (χ2v) is 8.78. The summed E-state index contributed by atoms with van der Waals surface area (Å²) in [5, 5.41) is 8.59. The van der Waals surface area contributed by atoms with Gasteiger partial charge in [0.1, 0.15) is 18.1 Å². The van der Waals surface area contributed by atoms with Gasteiger partial charge in [-0.25, -0.2) is 0 Å². The summed E-state index contributed by atoms with van der Waals surface area (Å²) in [5.74, 6) is 2.27. The Morgan fingerprint density at radius 2 is 1.81 bits per heavy atom. The average Bonchev–Trinajstić information content (AvgIpc) is 3.38. The molecule has 2 unspecified atom stereocenters. The summed E-state index contributed by atoms with van der Waals surface area (Å²) >= 11 is -1.39. The minimum Gasteiger partial charge on any atom is -0.593 e. The second kappa shape index (κ2) is 8.46. The number of amides is 1. The third kappa shape index (κ3) is 3.96. The number of rotatable bonds is 5. The van der Waals surface area contributed by atoms with Crippen LogP contribution in [-0.2, 0) is 16.2 Å².